The zero-order chi connectivity index (χ0) is 32.3. The van der Waals surface area contributed by atoms with Crippen LogP contribution in [0.5, 0.6) is 0 Å². The highest BCUT2D eigenvalue weighted by molar-refractivity contribution is 7.25. The van der Waals surface area contributed by atoms with Crippen LogP contribution in [0.4, 0.5) is 17.1 Å². The molecule has 0 saturated heterocycles. The first-order valence-electron chi connectivity index (χ1n) is 16.6. The van der Waals surface area contributed by atoms with Crippen LogP contribution in [0.15, 0.2) is 180 Å². The minimum Gasteiger partial charge on any atom is -0.456 e. The van der Waals surface area contributed by atoms with Crippen LogP contribution in [-0.4, -0.2) is 0 Å². The van der Waals surface area contributed by atoms with Crippen molar-refractivity contribution in [1.82, 2.24) is 0 Å². The normalized spacial score (nSPS) is 11.7. The van der Waals surface area contributed by atoms with E-state index in [1.54, 1.807) is 0 Å². The van der Waals surface area contributed by atoms with Gasteiger partial charge in [-0.2, -0.15) is 0 Å². The highest BCUT2D eigenvalue weighted by atomic mass is 32.1. The standard InChI is InChI=1S/C46H29NOS/c1-2-12-35-30(10-1)11-9-16-36(35)31-20-23-33(24-21-31)47(34-25-26-39-38-14-4-7-18-43(38)48-44(39)29-34)42-17-6-3-13-37(42)32-22-27-46-41(28-32)40-15-5-8-19-45(40)49-46/h1-29H. The number of rotatable bonds is 5. The monoisotopic (exact) mass is 643 g/mol. The Morgan fingerprint density at radius 1 is 0.388 bits per heavy atom. The molecule has 0 radical (unpaired) electrons. The SMILES string of the molecule is c1ccc(N(c2ccc(-c3cccc4ccccc34)cc2)c2ccc3c(c2)oc2ccccc23)c(-c2ccc3sc4ccccc4c3c2)c1. The molecular weight excluding hydrogens is 615 g/mol. The summed E-state index contributed by atoms with van der Waals surface area (Å²) >= 11 is 1.85. The molecule has 2 nitrogen and oxygen atoms in total. The predicted octanol–water partition coefficient (Wildman–Crippen LogP) is 13.9. The molecule has 0 aliphatic rings. The maximum Gasteiger partial charge on any atom is 0.137 e. The summed E-state index contributed by atoms with van der Waals surface area (Å²) in [6, 6.07) is 63.3. The van der Waals surface area contributed by atoms with Crippen molar-refractivity contribution in [3.8, 4) is 22.3 Å². The van der Waals surface area contributed by atoms with Gasteiger partial charge in [0.05, 0.1) is 5.69 Å². The molecule has 10 rings (SSSR count). The van der Waals surface area contributed by atoms with E-state index in [9.17, 15) is 0 Å². The highest BCUT2D eigenvalue weighted by Crippen LogP contribution is 2.45. The smallest absolute Gasteiger partial charge is 0.137 e. The molecule has 0 aliphatic heterocycles. The van der Waals surface area contributed by atoms with Gasteiger partial charge in [0.25, 0.3) is 0 Å². The van der Waals surface area contributed by atoms with Gasteiger partial charge in [0.2, 0.25) is 0 Å². The number of furan rings is 1. The summed E-state index contributed by atoms with van der Waals surface area (Å²) in [4.78, 5) is 2.37. The second kappa shape index (κ2) is 11.2. The van der Waals surface area contributed by atoms with E-state index in [1.807, 2.05) is 23.5 Å². The molecule has 0 atom stereocenters. The lowest BCUT2D eigenvalue weighted by atomic mass is 9.97. The van der Waals surface area contributed by atoms with E-state index < -0.39 is 0 Å². The van der Waals surface area contributed by atoms with E-state index in [0.717, 1.165) is 39.0 Å². The van der Waals surface area contributed by atoms with Crippen LogP contribution in [0, 0.1) is 0 Å². The maximum atomic E-state index is 6.40. The Morgan fingerprint density at radius 2 is 1.04 bits per heavy atom. The van der Waals surface area contributed by atoms with Gasteiger partial charge in [-0.3, -0.25) is 0 Å². The summed E-state index contributed by atoms with van der Waals surface area (Å²) in [5, 5.41) is 7.35. The molecule has 2 heterocycles. The van der Waals surface area contributed by atoms with Gasteiger partial charge in [-0.25, -0.2) is 0 Å². The number of benzene rings is 8. The summed E-state index contributed by atoms with van der Waals surface area (Å²) < 4.78 is 9.02. The zero-order valence-electron chi connectivity index (χ0n) is 26.5. The molecule has 2 aromatic heterocycles. The fourth-order valence-corrected chi connectivity index (χ4v) is 8.44. The highest BCUT2D eigenvalue weighted by Gasteiger charge is 2.20. The van der Waals surface area contributed by atoms with E-state index in [1.165, 1.54) is 53.2 Å². The third kappa shape index (κ3) is 4.62. The predicted molar refractivity (Wildman–Crippen MR) is 210 cm³/mol. The minimum absolute atomic E-state index is 0.875. The summed E-state index contributed by atoms with van der Waals surface area (Å²) in [6.07, 6.45) is 0. The van der Waals surface area contributed by atoms with Crippen LogP contribution in [-0.2, 0) is 0 Å². The van der Waals surface area contributed by atoms with E-state index in [2.05, 4.69) is 169 Å². The van der Waals surface area contributed by atoms with E-state index in [4.69, 9.17) is 4.42 Å². The van der Waals surface area contributed by atoms with E-state index >= 15 is 0 Å². The Hall–Kier alpha value is -6.16. The molecule has 230 valence electrons. The molecule has 3 heteroatoms. The first-order chi connectivity index (χ1) is 24.3. The fourth-order valence-electron chi connectivity index (χ4n) is 7.35. The zero-order valence-corrected chi connectivity index (χ0v) is 27.3. The van der Waals surface area contributed by atoms with Crippen LogP contribution >= 0.6 is 11.3 Å². The van der Waals surface area contributed by atoms with Crippen LogP contribution in [0.3, 0.4) is 0 Å². The Kier molecular flexibility index (Phi) is 6.39. The van der Waals surface area contributed by atoms with Crippen LogP contribution in [0.2, 0.25) is 0 Å². The molecule has 0 bridgehead atoms. The molecule has 0 saturated carbocycles. The van der Waals surface area contributed by atoms with Crippen molar-refractivity contribution in [2.24, 2.45) is 0 Å². The molecular formula is C46H29NOS. The third-order valence-corrected chi connectivity index (χ3v) is 10.8. The molecule has 0 unspecified atom stereocenters. The number of para-hydroxylation sites is 2. The Morgan fingerprint density at radius 3 is 1.96 bits per heavy atom. The second-order valence-electron chi connectivity index (χ2n) is 12.5. The number of thiophene rings is 1. The first kappa shape index (κ1) is 27.9. The topological polar surface area (TPSA) is 16.4 Å². The summed E-state index contributed by atoms with van der Waals surface area (Å²) in [5.74, 6) is 0. The Bertz CT molecular complexity index is 2840. The maximum absolute atomic E-state index is 6.40. The quantitative estimate of drug-likeness (QED) is 0.186. The average molecular weight is 644 g/mol. The van der Waals surface area contributed by atoms with E-state index in [-0.39, 0.29) is 0 Å². The van der Waals surface area contributed by atoms with Gasteiger partial charge in [0, 0.05) is 53.9 Å². The van der Waals surface area contributed by atoms with Crippen molar-refractivity contribution in [2.45, 2.75) is 0 Å². The largest absolute Gasteiger partial charge is 0.456 e. The van der Waals surface area contributed by atoms with Gasteiger partial charge < -0.3 is 9.32 Å². The van der Waals surface area contributed by atoms with Crippen molar-refractivity contribution in [3.05, 3.63) is 176 Å². The lowest BCUT2D eigenvalue weighted by molar-refractivity contribution is 0.669. The summed E-state index contributed by atoms with van der Waals surface area (Å²) in [6.45, 7) is 0. The van der Waals surface area contributed by atoms with Gasteiger partial charge in [-0.15, -0.1) is 11.3 Å². The summed E-state index contributed by atoms with van der Waals surface area (Å²) in [5.41, 5.74) is 9.78. The fraction of sp³-hybridized carbons (Fsp3) is 0. The molecule has 0 amide bonds. The molecule has 10 aromatic rings. The van der Waals surface area contributed by atoms with Gasteiger partial charge in [-0.05, 0) is 82.1 Å². The minimum atomic E-state index is 0.875. The van der Waals surface area contributed by atoms with Gasteiger partial charge in [-0.1, -0.05) is 115 Å². The third-order valence-electron chi connectivity index (χ3n) is 9.68. The van der Waals surface area contributed by atoms with Gasteiger partial charge >= 0.3 is 0 Å². The number of hydrogen-bond acceptors (Lipinski definition) is 3. The van der Waals surface area contributed by atoms with Crippen molar-refractivity contribution >= 4 is 81.3 Å². The van der Waals surface area contributed by atoms with Crippen LogP contribution in [0.25, 0.3) is 75.1 Å². The van der Waals surface area contributed by atoms with Crippen molar-refractivity contribution in [2.75, 3.05) is 4.90 Å². The van der Waals surface area contributed by atoms with Gasteiger partial charge in [0.1, 0.15) is 11.2 Å². The van der Waals surface area contributed by atoms with Crippen LogP contribution < -0.4 is 4.90 Å². The summed E-state index contributed by atoms with van der Waals surface area (Å²) in [7, 11) is 0. The lowest BCUT2D eigenvalue weighted by Gasteiger charge is -2.28. The van der Waals surface area contributed by atoms with Crippen molar-refractivity contribution in [3.63, 3.8) is 0 Å². The molecule has 0 aliphatic carbocycles. The van der Waals surface area contributed by atoms with Crippen molar-refractivity contribution in [1.29, 1.82) is 0 Å². The molecule has 0 N–H and O–H groups in total. The Balaban J connectivity index is 1.16. The van der Waals surface area contributed by atoms with E-state index in [0.29, 0.717) is 0 Å². The molecule has 0 spiro atoms. The molecule has 49 heavy (non-hydrogen) atoms. The van der Waals surface area contributed by atoms with Crippen LogP contribution in [0.1, 0.15) is 0 Å². The first-order valence-corrected chi connectivity index (χ1v) is 17.4. The average Bonchev–Trinajstić information content (AvgIpc) is 3.73. The second-order valence-corrected chi connectivity index (χ2v) is 13.6. The molecule has 8 aromatic carbocycles. The number of anilines is 3. The number of nitrogens with zero attached hydrogens (tertiary/aromatic N) is 1. The number of hydrogen-bond donors (Lipinski definition) is 0. The lowest BCUT2D eigenvalue weighted by Crippen LogP contribution is -2.11. The Labute approximate surface area is 287 Å². The van der Waals surface area contributed by atoms with Crippen molar-refractivity contribution < 1.29 is 4.42 Å². The molecule has 0 fully saturated rings. The number of fused-ring (bicyclic) bond motifs is 7. The van der Waals surface area contributed by atoms with Gasteiger partial charge in [0.15, 0.2) is 0 Å².